The highest BCUT2D eigenvalue weighted by Gasteiger charge is 2.38. The van der Waals surface area contributed by atoms with E-state index >= 15 is 0 Å². The second kappa shape index (κ2) is 5.10. The molecule has 1 fully saturated rings. The Bertz CT molecular complexity index is 161. The Morgan fingerprint density at radius 2 is 2.07 bits per heavy atom. The molecule has 1 atom stereocenters. The first-order chi connectivity index (χ1) is 6.66. The zero-order valence-electron chi connectivity index (χ0n) is 9.33. The van der Waals surface area contributed by atoms with E-state index in [-0.39, 0.29) is 5.92 Å². The summed E-state index contributed by atoms with van der Waals surface area (Å²) in [6.07, 6.45) is 4.89. The highest BCUT2D eigenvalue weighted by Crippen LogP contribution is 2.36. The second-order valence-electron chi connectivity index (χ2n) is 4.38. The van der Waals surface area contributed by atoms with Crippen molar-refractivity contribution in [2.24, 2.45) is 11.7 Å². The van der Waals surface area contributed by atoms with Gasteiger partial charge in [0.1, 0.15) is 0 Å². The van der Waals surface area contributed by atoms with Gasteiger partial charge in [-0.15, -0.1) is 0 Å². The van der Waals surface area contributed by atoms with Gasteiger partial charge in [0.25, 0.3) is 0 Å². The van der Waals surface area contributed by atoms with Gasteiger partial charge in [-0.3, -0.25) is 0 Å². The lowest BCUT2D eigenvalue weighted by atomic mass is 9.74. The van der Waals surface area contributed by atoms with Crippen LogP contribution in [0.1, 0.15) is 39.0 Å². The molecule has 0 bridgehead atoms. The van der Waals surface area contributed by atoms with Crippen LogP contribution < -0.4 is 5.73 Å². The van der Waals surface area contributed by atoms with Crippen molar-refractivity contribution in [3.8, 4) is 0 Å². The summed E-state index contributed by atoms with van der Waals surface area (Å²) in [5, 5.41) is 10.4. The number of hydrogen-bond acceptors (Lipinski definition) is 3. The Morgan fingerprint density at radius 3 is 2.43 bits per heavy atom. The molecule has 0 aromatic heterocycles. The van der Waals surface area contributed by atoms with Crippen molar-refractivity contribution < 1.29 is 9.84 Å². The second-order valence-corrected chi connectivity index (χ2v) is 4.38. The standard InChI is InChI=1S/C11H23NO2/c1-3-9(8-12)11(13)6-4-10(14-2)5-7-11/h9-10,13H,3-8,12H2,1-2H3. The lowest BCUT2D eigenvalue weighted by molar-refractivity contribution is -0.0791. The van der Waals surface area contributed by atoms with Gasteiger partial charge in [0.05, 0.1) is 11.7 Å². The number of rotatable bonds is 4. The molecular weight excluding hydrogens is 178 g/mol. The fourth-order valence-corrected chi connectivity index (χ4v) is 2.50. The van der Waals surface area contributed by atoms with Crippen LogP contribution in [0.4, 0.5) is 0 Å². The minimum atomic E-state index is -0.529. The zero-order chi connectivity index (χ0) is 10.6. The average molecular weight is 201 g/mol. The summed E-state index contributed by atoms with van der Waals surface area (Å²) in [4.78, 5) is 0. The first kappa shape index (κ1) is 12.0. The zero-order valence-corrected chi connectivity index (χ0v) is 9.33. The Labute approximate surface area is 86.6 Å². The van der Waals surface area contributed by atoms with Crippen molar-refractivity contribution in [3.63, 3.8) is 0 Å². The van der Waals surface area contributed by atoms with Crippen molar-refractivity contribution in [3.05, 3.63) is 0 Å². The quantitative estimate of drug-likeness (QED) is 0.720. The molecule has 0 spiro atoms. The van der Waals surface area contributed by atoms with E-state index < -0.39 is 5.60 Å². The number of ether oxygens (including phenoxy) is 1. The third kappa shape index (κ3) is 2.47. The summed E-state index contributed by atoms with van der Waals surface area (Å²) in [7, 11) is 1.75. The van der Waals surface area contributed by atoms with Gasteiger partial charge in [-0.05, 0) is 44.6 Å². The fourth-order valence-electron chi connectivity index (χ4n) is 2.50. The van der Waals surface area contributed by atoms with Crippen LogP contribution in [0.15, 0.2) is 0 Å². The molecule has 1 aliphatic rings. The molecule has 0 radical (unpaired) electrons. The predicted octanol–water partition coefficient (Wildman–Crippen LogP) is 1.29. The Hall–Kier alpha value is -0.120. The van der Waals surface area contributed by atoms with Crippen molar-refractivity contribution in [2.75, 3.05) is 13.7 Å². The van der Waals surface area contributed by atoms with E-state index in [4.69, 9.17) is 10.5 Å². The summed E-state index contributed by atoms with van der Waals surface area (Å²) < 4.78 is 5.29. The van der Waals surface area contributed by atoms with Crippen LogP contribution >= 0.6 is 0 Å². The Morgan fingerprint density at radius 1 is 1.50 bits per heavy atom. The van der Waals surface area contributed by atoms with Crippen LogP contribution in [0.25, 0.3) is 0 Å². The maximum Gasteiger partial charge on any atom is 0.0689 e. The molecule has 14 heavy (non-hydrogen) atoms. The molecule has 0 heterocycles. The van der Waals surface area contributed by atoms with E-state index in [1.807, 2.05) is 0 Å². The third-order valence-corrected chi connectivity index (χ3v) is 3.67. The van der Waals surface area contributed by atoms with Gasteiger partial charge in [0, 0.05) is 7.11 Å². The minimum Gasteiger partial charge on any atom is -0.390 e. The van der Waals surface area contributed by atoms with Crippen molar-refractivity contribution >= 4 is 0 Å². The van der Waals surface area contributed by atoms with E-state index in [1.165, 1.54) is 0 Å². The molecule has 0 saturated heterocycles. The van der Waals surface area contributed by atoms with Gasteiger partial charge in [-0.25, -0.2) is 0 Å². The molecular formula is C11H23NO2. The summed E-state index contributed by atoms with van der Waals surface area (Å²) in [6, 6.07) is 0. The number of hydrogen-bond donors (Lipinski definition) is 2. The third-order valence-electron chi connectivity index (χ3n) is 3.67. The largest absolute Gasteiger partial charge is 0.390 e. The molecule has 3 heteroatoms. The topological polar surface area (TPSA) is 55.5 Å². The van der Waals surface area contributed by atoms with Gasteiger partial charge in [-0.2, -0.15) is 0 Å². The Kier molecular flexibility index (Phi) is 4.35. The number of nitrogens with two attached hydrogens (primary N) is 1. The van der Waals surface area contributed by atoms with Crippen molar-refractivity contribution in [1.29, 1.82) is 0 Å². The Balaban J connectivity index is 2.51. The molecule has 84 valence electrons. The van der Waals surface area contributed by atoms with E-state index in [0.717, 1.165) is 32.1 Å². The molecule has 3 nitrogen and oxygen atoms in total. The summed E-state index contributed by atoms with van der Waals surface area (Å²) in [5.74, 6) is 0.250. The summed E-state index contributed by atoms with van der Waals surface area (Å²) in [5.41, 5.74) is 5.15. The highest BCUT2D eigenvalue weighted by molar-refractivity contribution is 4.91. The van der Waals surface area contributed by atoms with Gasteiger partial charge >= 0.3 is 0 Å². The van der Waals surface area contributed by atoms with E-state index in [2.05, 4.69) is 6.92 Å². The summed E-state index contributed by atoms with van der Waals surface area (Å²) >= 11 is 0. The van der Waals surface area contributed by atoms with Gasteiger partial charge in [-0.1, -0.05) is 6.92 Å². The van der Waals surface area contributed by atoms with E-state index in [9.17, 15) is 5.11 Å². The molecule has 1 unspecified atom stereocenters. The van der Waals surface area contributed by atoms with Crippen LogP contribution in [0.5, 0.6) is 0 Å². The van der Waals surface area contributed by atoms with Crippen LogP contribution in [0, 0.1) is 5.92 Å². The molecule has 0 aromatic carbocycles. The molecule has 0 amide bonds. The summed E-state index contributed by atoms with van der Waals surface area (Å²) in [6.45, 7) is 2.68. The van der Waals surface area contributed by atoms with E-state index in [1.54, 1.807) is 7.11 Å². The van der Waals surface area contributed by atoms with Crippen LogP contribution in [0.2, 0.25) is 0 Å². The van der Waals surface area contributed by atoms with Gasteiger partial charge in [0.2, 0.25) is 0 Å². The maximum atomic E-state index is 10.4. The van der Waals surface area contributed by atoms with Crippen LogP contribution in [-0.4, -0.2) is 30.5 Å². The van der Waals surface area contributed by atoms with Crippen molar-refractivity contribution in [1.82, 2.24) is 0 Å². The SMILES string of the molecule is CCC(CN)C1(O)CCC(OC)CC1. The lowest BCUT2D eigenvalue weighted by Gasteiger charge is -2.40. The first-order valence-electron chi connectivity index (χ1n) is 5.61. The highest BCUT2D eigenvalue weighted by atomic mass is 16.5. The van der Waals surface area contributed by atoms with Crippen LogP contribution in [-0.2, 0) is 4.74 Å². The first-order valence-corrected chi connectivity index (χ1v) is 5.61. The van der Waals surface area contributed by atoms with Crippen LogP contribution in [0.3, 0.4) is 0 Å². The molecule has 0 aromatic rings. The number of aliphatic hydroxyl groups is 1. The minimum absolute atomic E-state index is 0.250. The molecule has 1 rings (SSSR count). The van der Waals surface area contributed by atoms with Gasteiger partial charge in [0.15, 0.2) is 0 Å². The predicted molar refractivity (Wildman–Crippen MR) is 57.1 cm³/mol. The average Bonchev–Trinajstić information content (AvgIpc) is 2.20. The molecule has 3 N–H and O–H groups in total. The number of methoxy groups -OCH3 is 1. The maximum absolute atomic E-state index is 10.4. The molecule has 1 saturated carbocycles. The smallest absolute Gasteiger partial charge is 0.0689 e. The van der Waals surface area contributed by atoms with E-state index in [0.29, 0.717) is 12.6 Å². The molecule has 0 aliphatic heterocycles. The van der Waals surface area contributed by atoms with Gasteiger partial charge < -0.3 is 15.6 Å². The molecule has 1 aliphatic carbocycles. The van der Waals surface area contributed by atoms with Crippen molar-refractivity contribution in [2.45, 2.75) is 50.7 Å². The normalized spacial score (nSPS) is 35.6. The lowest BCUT2D eigenvalue weighted by Crippen LogP contribution is -2.45. The monoisotopic (exact) mass is 201 g/mol. The fraction of sp³-hybridized carbons (Fsp3) is 1.00.